The van der Waals surface area contributed by atoms with Crippen LogP contribution < -0.4 is 0 Å². The molecule has 0 radical (unpaired) electrons. The average molecular weight is 269 g/mol. The van der Waals surface area contributed by atoms with Gasteiger partial charge in [0.1, 0.15) is 6.10 Å². The Bertz CT molecular complexity index is 661. The van der Waals surface area contributed by atoms with Crippen LogP contribution in [0.2, 0.25) is 0 Å². The van der Waals surface area contributed by atoms with Crippen molar-refractivity contribution in [1.82, 2.24) is 14.8 Å². The summed E-state index contributed by atoms with van der Waals surface area (Å²) in [5.41, 5.74) is 1.08. The molecule has 5 heteroatoms. The first kappa shape index (κ1) is 11.8. The van der Waals surface area contributed by atoms with E-state index in [-0.39, 0.29) is 23.6 Å². The number of hydrogen-bond acceptors (Lipinski definition) is 4. The number of carbonyl (C=O) groups excluding carboxylic acids is 1. The van der Waals surface area contributed by atoms with Gasteiger partial charge in [-0.3, -0.25) is 4.79 Å². The number of aliphatic hydroxyl groups is 1. The van der Waals surface area contributed by atoms with E-state index < -0.39 is 6.10 Å². The molecule has 1 N–H and O–H groups in total. The monoisotopic (exact) mass is 269 g/mol. The normalized spacial score (nSPS) is 24.6. The summed E-state index contributed by atoms with van der Waals surface area (Å²) in [5, 5.41) is 14.5. The minimum absolute atomic E-state index is 0.0194. The van der Waals surface area contributed by atoms with Crippen molar-refractivity contribution in [2.45, 2.75) is 31.4 Å². The molecule has 0 bridgehead atoms. The van der Waals surface area contributed by atoms with Crippen molar-refractivity contribution < 1.29 is 9.90 Å². The van der Waals surface area contributed by atoms with Crippen molar-refractivity contribution in [3.05, 3.63) is 47.5 Å². The van der Waals surface area contributed by atoms with Crippen LogP contribution in [0.25, 0.3) is 0 Å². The first-order valence-electron chi connectivity index (χ1n) is 6.97. The zero-order chi connectivity index (χ0) is 13.7. The number of ketones is 1. The fraction of sp³-hybridized carbons (Fsp3) is 0.400. The second-order valence-electron chi connectivity index (χ2n) is 5.55. The van der Waals surface area contributed by atoms with E-state index in [2.05, 4.69) is 10.1 Å². The molecule has 2 aliphatic rings. The van der Waals surface area contributed by atoms with E-state index in [0.29, 0.717) is 12.2 Å². The van der Waals surface area contributed by atoms with Crippen molar-refractivity contribution >= 4 is 5.78 Å². The summed E-state index contributed by atoms with van der Waals surface area (Å²) in [6, 6.07) is 9.88. The maximum Gasteiger partial charge on any atom is 0.217 e. The zero-order valence-corrected chi connectivity index (χ0v) is 10.9. The SMILES string of the molecule is O=C(c1nc2n(n1)[C@@H](c1ccccc1)C[C@H]2O)C1CC1. The molecule has 0 spiro atoms. The van der Waals surface area contributed by atoms with Gasteiger partial charge in [0.2, 0.25) is 11.6 Å². The molecule has 2 aromatic rings. The molecule has 1 aliphatic carbocycles. The standard InChI is InChI=1S/C15H15N3O2/c19-12-8-11(9-4-2-1-3-5-9)18-15(12)16-14(17-18)13(20)10-6-7-10/h1-5,10-12,19H,6-8H2/t11-,12-/m1/s1. The minimum Gasteiger partial charge on any atom is -0.385 e. The molecule has 1 saturated carbocycles. The van der Waals surface area contributed by atoms with E-state index in [4.69, 9.17) is 0 Å². The molecule has 20 heavy (non-hydrogen) atoms. The maximum absolute atomic E-state index is 12.0. The molecule has 102 valence electrons. The lowest BCUT2D eigenvalue weighted by Crippen LogP contribution is -2.10. The first-order valence-corrected chi connectivity index (χ1v) is 6.97. The summed E-state index contributed by atoms with van der Waals surface area (Å²) in [7, 11) is 0. The number of carbonyl (C=O) groups is 1. The van der Waals surface area contributed by atoms with Crippen LogP contribution in [0.4, 0.5) is 0 Å². The highest BCUT2D eigenvalue weighted by Crippen LogP contribution is 2.38. The molecule has 0 unspecified atom stereocenters. The Morgan fingerprint density at radius 1 is 1.25 bits per heavy atom. The number of aliphatic hydroxyl groups excluding tert-OH is 1. The summed E-state index contributed by atoms with van der Waals surface area (Å²) in [4.78, 5) is 16.3. The highest BCUT2D eigenvalue weighted by Gasteiger charge is 2.38. The number of benzene rings is 1. The smallest absolute Gasteiger partial charge is 0.217 e. The molecule has 1 aromatic carbocycles. The largest absolute Gasteiger partial charge is 0.385 e. The van der Waals surface area contributed by atoms with Gasteiger partial charge in [-0.05, 0) is 18.4 Å². The second-order valence-corrected chi connectivity index (χ2v) is 5.55. The third-order valence-electron chi connectivity index (χ3n) is 4.05. The van der Waals surface area contributed by atoms with Crippen molar-refractivity contribution in [3.8, 4) is 0 Å². The highest BCUT2D eigenvalue weighted by molar-refractivity contribution is 5.95. The zero-order valence-electron chi connectivity index (χ0n) is 10.9. The molecule has 4 rings (SSSR count). The van der Waals surface area contributed by atoms with E-state index in [1.807, 2.05) is 30.3 Å². The molecule has 1 aromatic heterocycles. The number of aromatic nitrogens is 3. The lowest BCUT2D eigenvalue weighted by atomic mass is 10.0. The van der Waals surface area contributed by atoms with Gasteiger partial charge in [0.25, 0.3) is 0 Å². The maximum atomic E-state index is 12.0. The van der Waals surface area contributed by atoms with Crippen LogP contribution in [0, 0.1) is 5.92 Å². The highest BCUT2D eigenvalue weighted by atomic mass is 16.3. The number of nitrogens with zero attached hydrogens (tertiary/aromatic N) is 3. The topological polar surface area (TPSA) is 68.0 Å². The molecular weight excluding hydrogens is 254 g/mol. The van der Waals surface area contributed by atoms with Gasteiger partial charge in [-0.2, -0.15) is 0 Å². The van der Waals surface area contributed by atoms with E-state index in [0.717, 1.165) is 18.4 Å². The van der Waals surface area contributed by atoms with Gasteiger partial charge in [0.15, 0.2) is 5.82 Å². The Morgan fingerprint density at radius 2 is 2.00 bits per heavy atom. The lowest BCUT2D eigenvalue weighted by molar-refractivity contribution is 0.0956. The van der Waals surface area contributed by atoms with Gasteiger partial charge in [-0.1, -0.05) is 30.3 Å². The first-order chi connectivity index (χ1) is 9.74. The Balaban J connectivity index is 1.72. The number of rotatable bonds is 3. The predicted octanol–water partition coefficient (Wildman–Crippen LogP) is 1.90. The van der Waals surface area contributed by atoms with Gasteiger partial charge in [-0.25, -0.2) is 9.67 Å². The third kappa shape index (κ3) is 1.78. The molecular formula is C15H15N3O2. The molecule has 5 nitrogen and oxygen atoms in total. The van der Waals surface area contributed by atoms with E-state index in [9.17, 15) is 9.90 Å². The summed E-state index contributed by atoms with van der Waals surface area (Å²) in [5.74, 6) is 0.904. The van der Waals surface area contributed by atoms with Crippen LogP contribution in [-0.2, 0) is 0 Å². The molecule has 0 saturated heterocycles. The molecule has 2 atom stereocenters. The van der Waals surface area contributed by atoms with Crippen LogP contribution in [0.15, 0.2) is 30.3 Å². The number of hydrogen-bond donors (Lipinski definition) is 1. The summed E-state index contributed by atoms with van der Waals surface area (Å²) in [6.45, 7) is 0. The fourth-order valence-corrected chi connectivity index (χ4v) is 2.79. The average Bonchev–Trinajstić information content (AvgIpc) is 3.15. The Kier molecular flexibility index (Phi) is 2.50. The third-order valence-corrected chi connectivity index (χ3v) is 4.05. The van der Waals surface area contributed by atoms with Crippen LogP contribution in [0.5, 0.6) is 0 Å². The number of fused-ring (bicyclic) bond motifs is 1. The van der Waals surface area contributed by atoms with Crippen molar-refractivity contribution in [2.75, 3.05) is 0 Å². The fourth-order valence-electron chi connectivity index (χ4n) is 2.79. The van der Waals surface area contributed by atoms with E-state index >= 15 is 0 Å². The van der Waals surface area contributed by atoms with E-state index in [1.165, 1.54) is 0 Å². The van der Waals surface area contributed by atoms with E-state index in [1.54, 1.807) is 4.68 Å². The summed E-state index contributed by atoms with van der Waals surface area (Å²) < 4.78 is 1.72. The van der Waals surface area contributed by atoms with Crippen molar-refractivity contribution in [3.63, 3.8) is 0 Å². The van der Waals surface area contributed by atoms with Crippen molar-refractivity contribution in [1.29, 1.82) is 0 Å². The quantitative estimate of drug-likeness (QED) is 0.864. The Labute approximate surface area is 116 Å². The van der Waals surface area contributed by atoms with Crippen LogP contribution in [0.3, 0.4) is 0 Å². The van der Waals surface area contributed by atoms with Gasteiger partial charge in [0, 0.05) is 12.3 Å². The summed E-state index contributed by atoms with van der Waals surface area (Å²) >= 11 is 0. The summed E-state index contributed by atoms with van der Waals surface area (Å²) in [6.07, 6.45) is 1.80. The van der Waals surface area contributed by atoms with Gasteiger partial charge < -0.3 is 5.11 Å². The molecule has 2 heterocycles. The van der Waals surface area contributed by atoms with Gasteiger partial charge in [-0.15, -0.1) is 5.10 Å². The van der Waals surface area contributed by atoms with Crippen LogP contribution >= 0.6 is 0 Å². The van der Waals surface area contributed by atoms with Gasteiger partial charge >= 0.3 is 0 Å². The Morgan fingerprint density at radius 3 is 2.70 bits per heavy atom. The van der Waals surface area contributed by atoms with Crippen LogP contribution in [-0.4, -0.2) is 25.7 Å². The van der Waals surface area contributed by atoms with Gasteiger partial charge in [0.05, 0.1) is 6.04 Å². The van der Waals surface area contributed by atoms with Crippen LogP contribution in [0.1, 0.15) is 53.4 Å². The predicted molar refractivity (Wildman–Crippen MR) is 71.2 cm³/mol. The molecule has 1 fully saturated rings. The number of Topliss-reactive ketones (excluding diaryl/α,β-unsaturated/α-hetero) is 1. The molecule has 1 aliphatic heterocycles. The minimum atomic E-state index is -0.645. The van der Waals surface area contributed by atoms with Crippen molar-refractivity contribution in [2.24, 2.45) is 5.92 Å². The Hall–Kier alpha value is -2.01. The molecule has 0 amide bonds. The second kappa shape index (κ2) is 4.24. The lowest BCUT2D eigenvalue weighted by Gasteiger charge is -2.11.